The highest BCUT2D eigenvalue weighted by atomic mass is 19.3. The quantitative estimate of drug-likeness (QED) is 0.897. The normalized spacial score (nSPS) is 30.7. The molecule has 114 valence electrons. The fraction of sp³-hybridized carbons (Fsp3) is 0.533. The van der Waals surface area contributed by atoms with Gasteiger partial charge in [-0.15, -0.1) is 0 Å². The van der Waals surface area contributed by atoms with Crippen LogP contribution in [0.4, 0.5) is 14.5 Å². The Balaban J connectivity index is 1.73. The number of benzene rings is 1. The summed E-state index contributed by atoms with van der Waals surface area (Å²) in [7, 11) is 0. The zero-order valence-corrected chi connectivity index (χ0v) is 11.5. The largest absolute Gasteiger partial charge is 0.433 e. The predicted octanol–water partition coefficient (Wildman–Crippen LogP) is 2.60. The zero-order valence-electron chi connectivity index (χ0n) is 11.5. The van der Waals surface area contributed by atoms with Crippen LogP contribution in [0.25, 0.3) is 0 Å². The average Bonchev–Trinajstić information content (AvgIpc) is 3.01. The van der Waals surface area contributed by atoms with Crippen molar-refractivity contribution >= 4 is 11.6 Å². The molecule has 0 saturated heterocycles. The highest BCUT2D eigenvalue weighted by Crippen LogP contribution is 2.48. The molecule has 3 rings (SSSR count). The molecule has 4 atom stereocenters. The van der Waals surface area contributed by atoms with E-state index in [1.54, 1.807) is 18.2 Å². The molecule has 3 N–H and O–H groups in total. The number of anilines is 1. The summed E-state index contributed by atoms with van der Waals surface area (Å²) in [5.74, 6) is 0.271. The van der Waals surface area contributed by atoms with Gasteiger partial charge in [0.25, 0.3) is 0 Å². The Bertz CT molecular complexity index is 536. The molecule has 4 unspecified atom stereocenters. The van der Waals surface area contributed by atoms with E-state index in [4.69, 9.17) is 5.73 Å². The SMILES string of the molecule is NC1C2CCC(C2)C1C(=O)Nc1ccccc1OC(F)F. The van der Waals surface area contributed by atoms with Crippen molar-refractivity contribution in [1.29, 1.82) is 0 Å². The number of fused-ring (bicyclic) bond motifs is 2. The van der Waals surface area contributed by atoms with E-state index in [2.05, 4.69) is 10.1 Å². The summed E-state index contributed by atoms with van der Waals surface area (Å²) in [5, 5.41) is 2.70. The lowest BCUT2D eigenvalue weighted by Crippen LogP contribution is -2.42. The maximum atomic E-state index is 12.4. The fourth-order valence-corrected chi connectivity index (χ4v) is 3.71. The molecule has 2 saturated carbocycles. The number of para-hydroxylation sites is 2. The highest BCUT2D eigenvalue weighted by molar-refractivity contribution is 5.95. The number of rotatable bonds is 4. The van der Waals surface area contributed by atoms with Gasteiger partial charge in [0.2, 0.25) is 5.91 Å². The molecule has 0 radical (unpaired) electrons. The first-order chi connectivity index (χ1) is 10.1. The van der Waals surface area contributed by atoms with Crippen molar-refractivity contribution in [2.24, 2.45) is 23.5 Å². The lowest BCUT2D eigenvalue weighted by Gasteiger charge is -2.27. The number of alkyl halides is 2. The number of hydrogen-bond acceptors (Lipinski definition) is 3. The first kappa shape index (κ1) is 14.3. The van der Waals surface area contributed by atoms with Crippen LogP contribution in [-0.2, 0) is 4.79 Å². The van der Waals surface area contributed by atoms with E-state index in [0.717, 1.165) is 19.3 Å². The van der Waals surface area contributed by atoms with Crippen LogP contribution >= 0.6 is 0 Å². The first-order valence-electron chi connectivity index (χ1n) is 7.16. The third kappa shape index (κ3) is 2.72. The summed E-state index contributed by atoms with van der Waals surface area (Å²) < 4.78 is 29.2. The molecule has 2 aliphatic carbocycles. The van der Waals surface area contributed by atoms with Crippen LogP contribution in [0.1, 0.15) is 19.3 Å². The Kier molecular flexibility index (Phi) is 3.80. The monoisotopic (exact) mass is 296 g/mol. The minimum absolute atomic E-state index is 0.0300. The van der Waals surface area contributed by atoms with Gasteiger partial charge < -0.3 is 15.8 Å². The smallest absolute Gasteiger partial charge is 0.387 e. The Morgan fingerprint density at radius 2 is 2.00 bits per heavy atom. The highest BCUT2D eigenvalue weighted by Gasteiger charge is 2.49. The van der Waals surface area contributed by atoms with Gasteiger partial charge in [-0.3, -0.25) is 4.79 Å². The van der Waals surface area contributed by atoms with Gasteiger partial charge in [0.15, 0.2) is 0 Å². The van der Waals surface area contributed by atoms with Crippen LogP contribution in [0.5, 0.6) is 5.75 Å². The molecule has 6 heteroatoms. The lowest BCUT2D eigenvalue weighted by molar-refractivity contribution is -0.121. The summed E-state index contributed by atoms with van der Waals surface area (Å²) in [6.07, 6.45) is 3.10. The first-order valence-corrected chi connectivity index (χ1v) is 7.16. The van der Waals surface area contributed by atoms with E-state index < -0.39 is 6.61 Å². The maximum absolute atomic E-state index is 12.4. The van der Waals surface area contributed by atoms with Crippen LogP contribution < -0.4 is 15.8 Å². The fourth-order valence-electron chi connectivity index (χ4n) is 3.71. The molecular weight excluding hydrogens is 278 g/mol. The average molecular weight is 296 g/mol. The molecule has 1 aromatic carbocycles. The number of carbonyl (C=O) groups excluding carboxylic acids is 1. The third-order valence-electron chi connectivity index (χ3n) is 4.64. The molecule has 1 amide bonds. The van der Waals surface area contributed by atoms with Crippen LogP contribution in [0.3, 0.4) is 0 Å². The Morgan fingerprint density at radius 3 is 2.67 bits per heavy atom. The van der Waals surface area contributed by atoms with Gasteiger partial charge in [-0.05, 0) is 43.2 Å². The van der Waals surface area contributed by atoms with Crippen LogP contribution in [0, 0.1) is 17.8 Å². The number of amides is 1. The van der Waals surface area contributed by atoms with Gasteiger partial charge in [0, 0.05) is 6.04 Å². The van der Waals surface area contributed by atoms with Gasteiger partial charge in [-0.25, -0.2) is 0 Å². The summed E-state index contributed by atoms with van der Waals surface area (Å²) in [5.41, 5.74) is 6.39. The Labute approximate surface area is 121 Å². The third-order valence-corrected chi connectivity index (χ3v) is 4.64. The molecule has 2 fully saturated rings. The molecule has 4 nitrogen and oxygen atoms in total. The van der Waals surface area contributed by atoms with Gasteiger partial charge in [0.05, 0.1) is 11.6 Å². The van der Waals surface area contributed by atoms with E-state index >= 15 is 0 Å². The van der Waals surface area contributed by atoms with E-state index in [-0.39, 0.29) is 29.3 Å². The summed E-state index contributed by atoms with van der Waals surface area (Å²) in [4.78, 5) is 12.4. The second kappa shape index (κ2) is 5.60. The van der Waals surface area contributed by atoms with Crippen molar-refractivity contribution in [3.05, 3.63) is 24.3 Å². The molecule has 0 heterocycles. The molecule has 0 aliphatic heterocycles. The zero-order chi connectivity index (χ0) is 15.0. The van der Waals surface area contributed by atoms with Crippen LogP contribution in [0.2, 0.25) is 0 Å². The number of nitrogens with two attached hydrogens (primary N) is 1. The van der Waals surface area contributed by atoms with Gasteiger partial charge in [-0.2, -0.15) is 8.78 Å². The minimum Gasteiger partial charge on any atom is -0.433 e. The standard InChI is InChI=1S/C15H18F2N2O2/c16-15(17)21-11-4-2-1-3-10(11)19-14(20)12-8-5-6-9(7-8)13(12)18/h1-4,8-9,12-13,15H,5-7,18H2,(H,19,20). The predicted molar refractivity (Wildman–Crippen MR) is 74.0 cm³/mol. The Morgan fingerprint density at radius 1 is 1.29 bits per heavy atom. The molecule has 2 bridgehead atoms. The van der Waals surface area contributed by atoms with Crippen LogP contribution in [0.15, 0.2) is 24.3 Å². The molecular formula is C15H18F2N2O2. The molecule has 0 spiro atoms. The van der Waals surface area contributed by atoms with Gasteiger partial charge in [0.1, 0.15) is 5.75 Å². The van der Waals surface area contributed by atoms with Crippen molar-refractivity contribution in [3.63, 3.8) is 0 Å². The summed E-state index contributed by atoms with van der Waals surface area (Å²) >= 11 is 0. The second-order valence-electron chi connectivity index (χ2n) is 5.80. The number of halogens is 2. The molecule has 21 heavy (non-hydrogen) atoms. The van der Waals surface area contributed by atoms with E-state index in [9.17, 15) is 13.6 Å². The van der Waals surface area contributed by atoms with Crippen LogP contribution in [-0.4, -0.2) is 18.6 Å². The molecule has 1 aromatic rings. The molecule has 2 aliphatic rings. The van der Waals surface area contributed by atoms with Gasteiger partial charge in [-0.1, -0.05) is 12.1 Å². The summed E-state index contributed by atoms with van der Waals surface area (Å²) in [6, 6.07) is 6.06. The van der Waals surface area contributed by atoms with Gasteiger partial charge >= 0.3 is 6.61 Å². The maximum Gasteiger partial charge on any atom is 0.387 e. The van der Waals surface area contributed by atoms with Crippen molar-refractivity contribution in [2.45, 2.75) is 31.9 Å². The van der Waals surface area contributed by atoms with E-state index in [1.807, 2.05) is 0 Å². The van der Waals surface area contributed by atoms with Crippen molar-refractivity contribution in [2.75, 3.05) is 5.32 Å². The molecule has 0 aromatic heterocycles. The Hall–Kier alpha value is -1.69. The lowest BCUT2D eigenvalue weighted by atomic mass is 9.84. The van der Waals surface area contributed by atoms with E-state index in [1.165, 1.54) is 6.07 Å². The van der Waals surface area contributed by atoms with Crippen molar-refractivity contribution < 1.29 is 18.3 Å². The van der Waals surface area contributed by atoms with Crippen molar-refractivity contribution in [1.82, 2.24) is 0 Å². The number of ether oxygens (including phenoxy) is 1. The topological polar surface area (TPSA) is 64.4 Å². The minimum atomic E-state index is -2.92. The van der Waals surface area contributed by atoms with Crippen molar-refractivity contribution in [3.8, 4) is 5.75 Å². The van der Waals surface area contributed by atoms with E-state index in [0.29, 0.717) is 11.8 Å². The number of carbonyl (C=O) groups is 1. The number of hydrogen-bond donors (Lipinski definition) is 2. The summed E-state index contributed by atoms with van der Waals surface area (Å²) in [6.45, 7) is -2.92. The second-order valence-corrected chi connectivity index (χ2v) is 5.80. The number of nitrogens with one attached hydrogen (secondary N) is 1.